The molecular formula is C5H4Cl3N3O2S. The number of aliphatic hydroxyl groups excluding tert-OH is 1. The van der Waals surface area contributed by atoms with Crippen molar-refractivity contribution in [2.24, 2.45) is 5.73 Å². The van der Waals surface area contributed by atoms with Gasteiger partial charge in [-0.25, -0.2) is 4.98 Å². The molecular weight excluding hydrogens is 272 g/mol. The summed E-state index contributed by atoms with van der Waals surface area (Å²) in [6.07, 6.45) is -1.52. The standard InChI is InChI=1S/C5H4Cl3N3O2S/c6-5(7,8)4-10-3(14-11-4)1(12)2(9)13/h1,12H,(H2,9,13). The number of halogens is 3. The molecule has 1 heterocycles. The zero-order valence-corrected chi connectivity index (χ0v) is 9.53. The monoisotopic (exact) mass is 275 g/mol. The van der Waals surface area contributed by atoms with E-state index in [2.05, 4.69) is 9.36 Å². The van der Waals surface area contributed by atoms with Crippen LogP contribution in [0.25, 0.3) is 0 Å². The number of primary amides is 1. The topological polar surface area (TPSA) is 89.1 Å². The van der Waals surface area contributed by atoms with E-state index in [1.165, 1.54) is 0 Å². The van der Waals surface area contributed by atoms with Crippen molar-refractivity contribution in [1.82, 2.24) is 9.36 Å². The van der Waals surface area contributed by atoms with Crippen molar-refractivity contribution in [1.29, 1.82) is 0 Å². The smallest absolute Gasteiger partial charge is 0.253 e. The molecule has 5 nitrogen and oxygen atoms in total. The minimum atomic E-state index is -1.77. The summed E-state index contributed by atoms with van der Waals surface area (Å²) < 4.78 is 1.89. The van der Waals surface area contributed by atoms with Gasteiger partial charge in [-0.2, -0.15) is 4.37 Å². The highest BCUT2D eigenvalue weighted by Gasteiger charge is 2.30. The molecule has 1 aromatic rings. The third-order valence-corrected chi connectivity index (χ3v) is 2.47. The van der Waals surface area contributed by atoms with Crippen LogP contribution in [0.3, 0.4) is 0 Å². The van der Waals surface area contributed by atoms with E-state index >= 15 is 0 Å². The van der Waals surface area contributed by atoms with Crippen LogP contribution in [0.4, 0.5) is 0 Å². The summed E-state index contributed by atoms with van der Waals surface area (Å²) in [5, 5.41) is 9.18. The first-order valence-corrected chi connectivity index (χ1v) is 5.11. The minimum absolute atomic E-state index is 0.00109. The maximum atomic E-state index is 10.6. The fourth-order valence-electron chi connectivity index (χ4n) is 0.583. The molecule has 0 bridgehead atoms. The largest absolute Gasteiger partial charge is 0.376 e. The van der Waals surface area contributed by atoms with Crippen molar-refractivity contribution >= 4 is 52.2 Å². The Balaban J connectivity index is 2.94. The fraction of sp³-hybridized carbons (Fsp3) is 0.400. The average molecular weight is 277 g/mol. The van der Waals surface area contributed by atoms with Gasteiger partial charge in [0.2, 0.25) is 0 Å². The molecule has 14 heavy (non-hydrogen) atoms. The molecule has 0 aliphatic heterocycles. The summed E-state index contributed by atoms with van der Waals surface area (Å²) in [5.41, 5.74) is 4.84. The van der Waals surface area contributed by atoms with Gasteiger partial charge in [-0.3, -0.25) is 4.79 Å². The molecule has 1 rings (SSSR count). The molecule has 0 aliphatic carbocycles. The van der Waals surface area contributed by atoms with E-state index in [9.17, 15) is 9.90 Å². The quantitative estimate of drug-likeness (QED) is 0.785. The summed E-state index contributed by atoms with van der Waals surface area (Å²) in [6, 6.07) is 0. The lowest BCUT2D eigenvalue weighted by molar-refractivity contribution is -0.126. The Labute approximate surface area is 98.0 Å². The van der Waals surface area contributed by atoms with Crippen LogP contribution in [0, 0.1) is 0 Å². The highest BCUT2D eigenvalue weighted by molar-refractivity contribution is 7.05. The Bertz CT molecular complexity index is 350. The third-order valence-electron chi connectivity index (χ3n) is 1.20. The van der Waals surface area contributed by atoms with Crippen LogP contribution in [-0.2, 0) is 8.59 Å². The van der Waals surface area contributed by atoms with E-state index in [-0.39, 0.29) is 10.8 Å². The molecule has 0 fully saturated rings. The minimum Gasteiger partial charge on any atom is -0.376 e. The molecule has 0 aliphatic rings. The Morgan fingerprint density at radius 3 is 2.50 bits per heavy atom. The summed E-state index contributed by atoms with van der Waals surface area (Å²) in [6.45, 7) is 0. The maximum Gasteiger partial charge on any atom is 0.253 e. The number of carbonyl (C=O) groups is 1. The van der Waals surface area contributed by atoms with Crippen LogP contribution in [-0.4, -0.2) is 20.4 Å². The second-order valence-corrected chi connectivity index (χ2v) is 5.32. The molecule has 78 valence electrons. The van der Waals surface area contributed by atoms with Gasteiger partial charge >= 0.3 is 0 Å². The van der Waals surface area contributed by atoms with Gasteiger partial charge in [0.1, 0.15) is 0 Å². The Morgan fingerprint density at radius 1 is 1.57 bits per heavy atom. The summed E-state index contributed by atoms with van der Waals surface area (Å²) >= 11 is 17.2. The van der Waals surface area contributed by atoms with Gasteiger partial charge in [0, 0.05) is 0 Å². The number of alkyl halides is 3. The van der Waals surface area contributed by atoms with Gasteiger partial charge in [0.05, 0.1) is 0 Å². The SMILES string of the molecule is NC(=O)C(O)c1nc(C(Cl)(Cl)Cl)ns1. The van der Waals surface area contributed by atoms with Crippen molar-refractivity contribution in [3.05, 3.63) is 10.8 Å². The van der Waals surface area contributed by atoms with Crippen LogP contribution in [0.5, 0.6) is 0 Å². The number of hydrogen-bond donors (Lipinski definition) is 2. The van der Waals surface area contributed by atoms with Gasteiger partial charge < -0.3 is 10.8 Å². The predicted octanol–water partition coefficient (Wildman–Crippen LogP) is 0.884. The summed E-state index contributed by atoms with van der Waals surface area (Å²) in [4.78, 5) is 14.2. The molecule has 1 atom stereocenters. The number of rotatable bonds is 2. The van der Waals surface area contributed by atoms with Crippen molar-refractivity contribution in [2.75, 3.05) is 0 Å². The Hall–Kier alpha value is -0.140. The summed E-state index contributed by atoms with van der Waals surface area (Å²) in [7, 11) is 0. The predicted molar refractivity (Wildman–Crippen MR) is 53.3 cm³/mol. The molecule has 0 spiro atoms. The first kappa shape index (κ1) is 11.9. The first-order chi connectivity index (χ1) is 6.32. The lowest BCUT2D eigenvalue weighted by Crippen LogP contribution is -2.20. The number of nitrogens with two attached hydrogens (primary N) is 1. The van der Waals surface area contributed by atoms with Gasteiger partial charge in [-0.1, -0.05) is 34.8 Å². The second kappa shape index (κ2) is 4.16. The molecule has 0 radical (unpaired) electrons. The van der Waals surface area contributed by atoms with E-state index in [4.69, 9.17) is 40.5 Å². The molecule has 3 N–H and O–H groups in total. The van der Waals surface area contributed by atoms with E-state index in [1.807, 2.05) is 0 Å². The van der Waals surface area contributed by atoms with Crippen LogP contribution in [0.1, 0.15) is 16.9 Å². The zero-order chi connectivity index (χ0) is 10.9. The number of aliphatic hydroxyl groups is 1. The molecule has 0 saturated carbocycles. The molecule has 0 aromatic carbocycles. The van der Waals surface area contributed by atoms with E-state index in [0.29, 0.717) is 0 Å². The molecule has 1 aromatic heterocycles. The maximum absolute atomic E-state index is 10.6. The molecule has 0 saturated heterocycles. The number of carbonyl (C=O) groups excluding carboxylic acids is 1. The third kappa shape index (κ3) is 2.68. The van der Waals surface area contributed by atoms with Crippen LogP contribution >= 0.6 is 46.3 Å². The van der Waals surface area contributed by atoms with Crippen molar-refractivity contribution in [3.63, 3.8) is 0 Å². The van der Waals surface area contributed by atoms with Crippen molar-refractivity contribution in [3.8, 4) is 0 Å². The zero-order valence-electron chi connectivity index (χ0n) is 6.45. The second-order valence-electron chi connectivity index (χ2n) is 2.26. The highest BCUT2D eigenvalue weighted by Crippen LogP contribution is 2.37. The van der Waals surface area contributed by atoms with Gasteiger partial charge in [-0.15, -0.1) is 0 Å². The first-order valence-electron chi connectivity index (χ1n) is 3.20. The van der Waals surface area contributed by atoms with E-state index < -0.39 is 15.8 Å². The van der Waals surface area contributed by atoms with Gasteiger partial charge in [0.25, 0.3) is 9.70 Å². The Kier molecular flexibility index (Phi) is 3.54. The molecule has 1 unspecified atom stereocenters. The molecule has 9 heteroatoms. The lowest BCUT2D eigenvalue weighted by atomic mass is 10.4. The Morgan fingerprint density at radius 2 is 2.14 bits per heavy atom. The fourth-order valence-corrected chi connectivity index (χ4v) is 1.69. The lowest BCUT2D eigenvalue weighted by Gasteiger charge is -2.04. The van der Waals surface area contributed by atoms with Crippen molar-refractivity contribution < 1.29 is 9.90 Å². The van der Waals surface area contributed by atoms with E-state index in [0.717, 1.165) is 11.5 Å². The van der Waals surface area contributed by atoms with E-state index in [1.54, 1.807) is 0 Å². The normalized spacial score (nSPS) is 14.0. The van der Waals surface area contributed by atoms with Crippen molar-refractivity contribution in [2.45, 2.75) is 9.90 Å². The summed E-state index contributed by atoms with van der Waals surface area (Å²) in [5.74, 6) is -1.03. The number of nitrogens with zero attached hydrogens (tertiary/aromatic N) is 2. The van der Waals surface area contributed by atoms with Gasteiger partial charge in [0.15, 0.2) is 16.9 Å². The molecule has 1 amide bonds. The average Bonchev–Trinajstić information content (AvgIpc) is 2.49. The number of aromatic nitrogens is 2. The number of hydrogen-bond acceptors (Lipinski definition) is 5. The highest BCUT2D eigenvalue weighted by atomic mass is 35.6. The van der Waals surface area contributed by atoms with Crippen LogP contribution in [0.2, 0.25) is 0 Å². The van der Waals surface area contributed by atoms with Gasteiger partial charge in [-0.05, 0) is 11.5 Å². The van der Waals surface area contributed by atoms with Crippen LogP contribution in [0.15, 0.2) is 0 Å². The number of amides is 1. The van der Waals surface area contributed by atoms with Crippen LogP contribution < -0.4 is 5.73 Å².